The summed E-state index contributed by atoms with van der Waals surface area (Å²) in [6, 6.07) is 2.11. The Kier molecular flexibility index (Phi) is 3.34. The molecular formula is C8H14N2O. The average molecular weight is 154 g/mol. The van der Waals surface area contributed by atoms with E-state index in [4.69, 9.17) is 5.26 Å². The lowest BCUT2D eigenvalue weighted by Crippen LogP contribution is -2.38. The fourth-order valence-electron chi connectivity index (χ4n) is 1.44. The highest BCUT2D eigenvalue weighted by Gasteiger charge is 2.16. The van der Waals surface area contributed by atoms with Gasteiger partial charge in [0.2, 0.25) is 0 Å². The summed E-state index contributed by atoms with van der Waals surface area (Å²) in [4.78, 5) is 2.15. The molecule has 0 aliphatic carbocycles. The fourth-order valence-corrected chi connectivity index (χ4v) is 1.44. The number of nitriles is 1. The summed E-state index contributed by atoms with van der Waals surface area (Å²) < 4.78 is 0. The second-order valence-corrected chi connectivity index (χ2v) is 3.00. The number of β-amino-alcohol motifs (C(OH)–C–C–N with tert-alkyl or cyclic N) is 1. The molecule has 3 heteroatoms. The van der Waals surface area contributed by atoms with Crippen LogP contribution in [0.15, 0.2) is 0 Å². The molecule has 0 amide bonds. The first-order valence-electron chi connectivity index (χ1n) is 4.10. The van der Waals surface area contributed by atoms with E-state index >= 15 is 0 Å². The van der Waals surface area contributed by atoms with Crippen LogP contribution in [0.4, 0.5) is 0 Å². The number of piperidine rings is 1. The topological polar surface area (TPSA) is 47.3 Å². The van der Waals surface area contributed by atoms with Crippen molar-refractivity contribution >= 4 is 0 Å². The maximum atomic E-state index is 9.25. The van der Waals surface area contributed by atoms with E-state index in [-0.39, 0.29) is 6.10 Å². The van der Waals surface area contributed by atoms with E-state index in [0.717, 1.165) is 32.5 Å². The fraction of sp³-hybridized carbons (Fsp3) is 0.875. The molecule has 0 aromatic rings. The zero-order chi connectivity index (χ0) is 8.10. The first kappa shape index (κ1) is 8.51. The summed E-state index contributed by atoms with van der Waals surface area (Å²) in [6.07, 6.45) is 2.39. The Labute approximate surface area is 67.2 Å². The van der Waals surface area contributed by atoms with E-state index in [9.17, 15) is 5.11 Å². The molecule has 1 fully saturated rings. The van der Waals surface area contributed by atoms with Crippen LogP contribution in [0.5, 0.6) is 0 Å². The smallest absolute Gasteiger partial charge is 0.0667 e. The van der Waals surface area contributed by atoms with Gasteiger partial charge in [0, 0.05) is 19.5 Å². The largest absolute Gasteiger partial charge is 0.392 e. The second-order valence-electron chi connectivity index (χ2n) is 3.00. The molecule has 1 saturated heterocycles. The Hall–Kier alpha value is -0.590. The molecule has 0 spiro atoms. The lowest BCUT2D eigenvalue weighted by atomic mass is 10.1. The third-order valence-electron chi connectivity index (χ3n) is 2.02. The van der Waals surface area contributed by atoms with Crippen LogP contribution in [0.25, 0.3) is 0 Å². The SMILES string of the molecule is N#CCCN1CCCC(O)C1. The predicted octanol–water partition coefficient (Wildman–Crippen LogP) is 0.357. The summed E-state index contributed by atoms with van der Waals surface area (Å²) >= 11 is 0. The van der Waals surface area contributed by atoms with Gasteiger partial charge in [-0.05, 0) is 19.4 Å². The first-order chi connectivity index (χ1) is 5.33. The maximum absolute atomic E-state index is 9.25. The predicted molar refractivity (Wildman–Crippen MR) is 41.9 cm³/mol. The van der Waals surface area contributed by atoms with Gasteiger partial charge in [-0.2, -0.15) is 5.26 Å². The number of hydrogen-bond acceptors (Lipinski definition) is 3. The standard InChI is InChI=1S/C8H14N2O/c9-4-2-6-10-5-1-3-8(11)7-10/h8,11H,1-3,5-7H2. The van der Waals surface area contributed by atoms with Crippen molar-refractivity contribution in [3.05, 3.63) is 0 Å². The molecule has 11 heavy (non-hydrogen) atoms. The monoisotopic (exact) mass is 154 g/mol. The average Bonchev–Trinajstić information content (AvgIpc) is 2.01. The molecule has 1 heterocycles. The molecule has 1 N–H and O–H groups in total. The molecule has 1 atom stereocenters. The number of rotatable bonds is 2. The summed E-state index contributed by atoms with van der Waals surface area (Å²) in [6.45, 7) is 2.61. The van der Waals surface area contributed by atoms with E-state index < -0.39 is 0 Å². The molecular weight excluding hydrogens is 140 g/mol. The Morgan fingerprint density at radius 1 is 1.64 bits per heavy atom. The minimum absolute atomic E-state index is 0.164. The van der Waals surface area contributed by atoms with E-state index in [1.165, 1.54) is 0 Å². The van der Waals surface area contributed by atoms with Gasteiger partial charge < -0.3 is 5.11 Å². The summed E-state index contributed by atoms with van der Waals surface area (Å²) in [7, 11) is 0. The van der Waals surface area contributed by atoms with E-state index in [2.05, 4.69) is 11.0 Å². The van der Waals surface area contributed by atoms with Gasteiger partial charge in [-0.3, -0.25) is 4.90 Å². The van der Waals surface area contributed by atoms with Crippen molar-refractivity contribution in [2.45, 2.75) is 25.4 Å². The van der Waals surface area contributed by atoms with Crippen LogP contribution in [0.1, 0.15) is 19.3 Å². The maximum Gasteiger partial charge on any atom is 0.0667 e. The van der Waals surface area contributed by atoms with Crippen molar-refractivity contribution in [2.75, 3.05) is 19.6 Å². The van der Waals surface area contributed by atoms with Crippen molar-refractivity contribution in [1.82, 2.24) is 4.90 Å². The Morgan fingerprint density at radius 3 is 3.09 bits per heavy atom. The van der Waals surface area contributed by atoms with Crippen LogP contribution in [-0.4, -0.2) is 35.7 Å². The van der Waals surface area contributed by atoms with Crippen LogP contribution in [0, 0.1) is 11.3 Å². The minimum atomic E-state index is -0.164. The van der Waals surface area contributed by atoms with Gasteiger partial charge in [0.05, 0.1) is 12.2 Å². The molecule has 0 saturated carbocycles. The van der Waals surface area contributed by atoms with Crippen LogP contribution in [0.2, 0.25) is 0 Å². The van der Waals surface area contributed by atoms with Gasteiger partial charge >= 0.3 is 0 Å². The van der Waals surface area contributed by atoms with Crippen LogP contribution >= 0.6 is 0 Å². The van der Waals surface area contributed by atoms with Gasteiger partial charge in [0.1, 0.15) is 0 Å². The lowest BCUT2D eigenvalue weighted by Gasteiger charge is -2.28. The molecule has 0 bridgehead atoms. The number of hydrogen-bond donors (Lipinski definition) is 1. The van der Waals surface area contributed by atoms with Crippen molar-refractivity contribution < 1.29 is 5.11 Å². The van der Waals surface area contributed by atoms with Crippen molar-refractivity contribution in [3.63, 3.8) is 0 Å². The van der Waals surface area contributed by atoms with Crippen LogP contribution in [-0.2, 0) is 0 Å². The zero-order valence-corrected chi connectivity index (χ0v) is 6.66. The lowest BCUT2D eigenvalue weighted by molar-refractivity contribution is 0.0719. The highest BCUT2D eigenvalue weighted by Crippen LogP contribution is 2.09. The quantitative estimate of drug-likeness (QED) is 0.624. The molecule has 0 aromatic heterocycles. The van der Waals surface area contributed by atoms with Crippen molar-refractivity contribution in [1.29, 1.82) is 5.26 Å². The van der Waals surface area contributed by atoms with Gasteiger partial charge in [0.25, 0.3) is 0 Å². The first-order valence-corrected chi connectivity index (χ1v) is 4.10. The molecule has 1 aliphatic rings. The molecule has 3 nitrogen and oxygen atoms in total. The summed E-state index contributed by atoms with van der Waals surface area (Å²) in [5, 5.41) is 17.6. The Morgan fingerprint density at radius 2 is 2.45 bits per heavy atom. The van der Waals surface area contributed by atoms with Crippen molar-refractivity contribution in [3.8, 4) is 6.07 Å². The zero-order valence-electron chi connectivity index (χ0n) is 6.66. The number of likely N-dealkylation sites (tertiary alicyclic amines) is 1. The molecule has 62 valence electrons. The second kappa shape index (κ2) is 4.32. The number of aliphatic hydroxyl groups is 1. The van der Waals surface area contributed by atoms with Crippen LogP contribution < -0.4 is 0 Å². The highest BCUT2D eigenvalue weighted by atomic mass is 16.3. The summed E-state index contributed by atoms with van der Waals surface area (Å²) in [5.74, 6) is 0. The van der Waals surface area contributed by atoms with Crippen molar-refractivity contribution in [2.24, 2.45) is 0 Å². The Bertz CT molecular complexity index is 153. The van der Waals surface area contributed by atoms with Gasteiger partial charge in [-0.1, -0.05) is 0 Å². The van der Waals surface area contributed by atoms with E-state index in [1.54, 1.807) is 0 Å². The highest BCUT2D eigenvalue weighted by molar-refractivity contribution is 4.76. The number of aliphatic hydroxyl groups excluding tert-OH is 1. The normalized spacial score (nSPS) is 26.4. The Balaban J connectivity index is 2.18. The molecule has 1 unspecified atom stereocenters. The van der Waals surface area contributed by atoms with Gasteiger partial charge in [0.15, 0.2) is 0 Å². The molecule has 1 rings (SSSR count). The molecule has 0 aromatic carbocycles. The molecule has 0 radical (unpaired) electrons. The van der Waals surface area contributed by atoms with E-state index in [1.807, 2.05) is 0 Å². The van der Waals surface area contributed by atoms with Gasteiger partial charge in [-0.15, -0.1) is 0 Å². The van der Waals surface area contributed by atoms with Gasteiger partial charge in [-0.25, -0.2) is 0 Å². The minimum Gasteiger partial charge on any atom is -0.392 e. The summed E-state index contributed by atoms with van der Waals surface area (Å²) in [5.41, 5.74) is 0. The third-order valence-corrected chi connectivity index (χ3v) is 2.02. The third kappa shape index (κ3) is 2.87. The van der Waals surface area contributed by atoms with Crippen LogP contribution in [0.3, 0.4) is 0 Å². The molecule has 1 aliphatic heterocycles. The number of nitrogens with zero attached hydrogens (tertiary/aromatic N) is 2. The van der Waals surface area contributed by atoms with E-state index in [0.29, 0.717) is 6.42 Å².